The Morgan fingerprint density at radius 3 is 2.73 bits per heavy atom. The molecule has 0 atom stereocenters. The lowest BCUT2D eigenvalue weighted by Gasteiger charge is -2.08. The van der Waals surface area contributed by atoms with Crippen LogP contribution in [0.1, 0.15) is 5.56 Å². The molecule has 0 spiro atoms. The molecular formula is C16H14FN3OS. The van der Waals surface area contributed by atoms with Gasteiger partial charge >= 0.3 is 0 Å². The number of aromatic nitrogens is 2. The van der Waals surface area contributed by atoms with Crippen molar-refractivity contribution in [2.75, 3.05) is 11.6 Å². The van der Waals surface area contributed by atoms with Gasteiger partial charge in [-0.2, -0.15) is 0 Å². The van der Waals surface area contributed by atoms with Crippen molar-refractivity contribution in [3.8, 4) is 0 Å². The lowest BCUT2D eigenvalue weighted by molar-refractivity contribution is 0.628. The van der Waals surface area contributed by atoms with Crippen molar-refractivity contribution in [1.82, 2.24) is 9.66 Å². The highest BCUT2D eigenvalue weighted by Gasteiger charge is 2.10. The maximum absolute atomic E-state index is 13.3. The van der Waals surface area contributed by atoms with Crippen LogP contribution in [0.15, 0.2) is 58.5 Å². The predicted octanol–water partition coefficient (Wildman–Crippen LogP) is 2.58. The van der Waals surface area contributed by atoms with Crippen LogP contribution in [0.25, 0.3) is 10.9 Å². The molecule has 0 aliphatic rings. The van der Waals surface area contributed by atoms with Gasteiger partial charge in [-0.1, -0.05) is 42.1 Å². The van der Waals surface area contributed by atoms with Gasteiger partial charge in [0.25, 0.3) is 5.56 Å². The smallest absolute Gasteiger partial charge is 0.280 e. The fourth-order valence-corrected chi connectivity index (χ4v) is 3.06. The van der Waals surface area contributed by atoms with E-state index in [4.69, 9.17) is 5.84 Å². The zero-order valence-electron chi connectivity index (χ0n) is 11.7. The Morgan fingerprint density at radius 1 is 1.18 bits per heavy atom. The molecule has 112 valence electrons. The summed E-state index contributed by atoms with van der Waals surface area (Å²) in [7, 11) is 0. The van der Waals surface area contributed by atoms with Crippen LogP contribution in [-0.4, -0.2) is 15.4 Å². The molecule has 0 aliphatic carbocycles. The van der Waals surface area contributed by atoms with E-state index in [0.717, 1.165) is 16.8 Å². The molecule has 4 nitrogen and oxygen atoms in total. The summed E-state index contributed by atoms with van der Waals surface area (Å²) < 4.78 is 14.3. The average molecular weight is 315 g/mol. The molecule has 2 N–H and O–H groups in total. The first-order valence-electron chi connectivity index (χ1n) is 6.79. The molecule has 1 heterocycles. The summed E-state index contributed by atoms with van der Waals surface area (Å²) in [4.78, 5) is 16.4. The largest absolute Gasteiger partial charge is 0.334 e. The Bertz CT molecular complexity index is 864. The van der Waals surface area contributed by atoms with Gasteiger partial charge in [0.2, 0.25) is 0 Å². The quantitative estimate of drug-likeness (QED) is 0.457. The summed E-state index contributed by atoms with van der Waals surface area (Å²) in [5, 5.41) is 0.704. The van der Waals surface area contributed by atoms with Gasteiger partial charge in [-0.3, -0.25) is 4.79 Å². The number of halogens is 1. The third-order valence-electron chi connectivity index (χ3n) is 3.30. The fourth-order valence-electron chi connectivity index (χ4n) is 2.16. The first kappa shape index (κ1) is 14.6. The lowest BCUT2D eigenvalue weighted by Crippen LogP contribution is -2.29. The number of nitrogen functional groups attached to an aromatic ring is 1. The van der Waals surface area contributed by atoms with Gasteiger partial charge in [-0.15, -0.1) is 0 Å². The van der Waals surface area contributed by atoms with Crippen LogP contribution >= 0.6 is 11.8 Å². The summed E-state index contributed by atoms with van der Waals surface area (Å²) in [5.74, 6) is 6.10. The molecule has 2 aromatic carbocycles. The molecule has 0 radical (unpaired) electrons. The van der Waals surface area contributed by atoms with Crippen LogP contribution in [0.3, 0.4) is 0 Å². The number of nitrogens with zero attached hydrogens (tertiary/aromatic N) is 2. The van der Waals surface area contributed by atoms with E-state index in [2.05, 4.69) is 4.98 Å². The van der Waals surface area contributed by atoms with Crippen LogP contribution in [0, 0.1) is 5.82 Å². The average Bonchev–Trinajstić information content (AvgIpc) is 2.53. The Morgan fingerprint density at radius 2 is 1.95 bits per heavy atom. The second-order valence-corrected chi connectivity index (χ2v) is 5.88. The molecule has 0 aliphatic heterocycles. The van der Waals surface area contributed by atoms with Crippen LogP contribution in [0.4, 0.5) is 4.39 Å². The van der Waals surface area contributed by atoms with Crippen molar-refractivity contribution in [1.29, 1.82) is 0 Å². The van der Waals surface area contributed by atoms with E-state index in [0.29, 0.717) is 16.1 Å². The number of nitrogens with two attached hydrogens (primary N) is 1. The summed E-state index contributed by atoms with van der Waals surface area (Å²) in [6.45, 7) is 0. The second kappa shape index (κ2) is 6.19. The molecule has 0 bridgehead atoms. The minimum atomic E-state index is -0.422. The van der Waals surface area contributed by atoms with Crippen molar-refractivity contribution in [2.45, 2.75) is 11.6 Å². The zero-order chi connectivity index (χ0) is 15.5. The number of aryl methyl sites for hydroxylation is 1. The van der Waals surface area contributed by atoms with Crippen molar-refractivity contribution in [3.63, 3.8) is 0 Å². The Labute approximate surface area is 130 Å². The molecule has 3 rings (SSSR count). The van der Waals surface area contributed by atoms with E-state index < -0.39 is 5.82 Å². The molecule has 1 aromatic heterocycles. The van der Waals surface area contributed by atoms with Crippen molar-refractivity contribution in [2.24, 2.45) is 0 Å². The second-order valence-electron chi connectivity index (χ2n) is 4.82. The predicted molar refractivity (Wildman–Crippen MR) is 87.0 cm³/mol. The number of rotatable bonds is 4. The normalized spacial score (nSPS) is 11.0. The van der Waals surface area contributed by atoms with Gasteiger partial charge in [0.05, 0.1) is 10.9 Å². The Balaban J connectivity index is 1.84. The molecular weight excluding hydrogens is 301 g/mol. The van der Waals surface area contributed by atoms with Crippen LogP contribution in [0.5, 0.6) is 0 Å². The number of benzene rings is 2. The maximum atomic E-state index is 13.3. The first-order chi connectivity index (χ1) is 10.6. The Kier molecular flexibility index (Phi) is 4.11. The van der Waals surface area contributed by atoms with E-state index in [1.807, 2.05) is 30.3 Å². The molecule has 0 saturated heterocycles. The summed E-state index contributed by atoms with van der Waals surface area (Å²) in [5.41, 5.74) is 1.16. The molecule has 0 saturated carbocycles. The van der Waals surface area contributed by atoms with Crippen molar-refractivity contribution < 1.29 is 4.39 Å². The SMILES string of the molecule is Nn1c(SCCc2ccccc2)nc2cc(F)ccc2c1=O. The molecule has 0 fully saturated rings. The topological polar surface area (TPSA) is 60.9 Å². The zero-order valence-corrected chi connectivity index (χ0v) is 12.5. The number of thioether (sulfide) groups is 1. The highest BCUT2D eigenvalue weighted by molar-refractivity contribution is 7.99. The van der Waals surface area contributed by atoms with Crippen molar-refractivity contribution in [3.05, 3.63) is 70.3 Å². The number of fused-ring (bicyclic) bond motifs is 1. The van der Waals surface area contributed by atoms with Crippen molar-refractivity contribution >= 4 is 22.7 Å². The fraction of sp³-hybridized carbons (Fsp3) is 0.125. The minimum absolute atomic E-state index is 0.316. The third kappa shape index (κ3) is 2.96. The van der Waals surface area contributed by atoms with Gasteiger partial charge in [0, 0.05) is 11.8 Å². The van der Waals surface area contributed by atoms with E-state index >= 15 is 0 Å². The van der Waals surface area contributed by atoms with Crippen LogP contribution < -0.4 is 11.4 Å². The molecule has 0 amide bonds. The summed E-state index contributed by atoms with van der Waals surface area (Å²) in [6, 6.07) is 13.9. The van der Waals surface area contributed by atoms with Crippen LogP contribution in [0.2, 0.25) is 0 Å². The Hall–Kier alpha value is -2.34. The summed E-state index contributed by atoms with van der Waals surface area (Å²) >= 11 is 1.38. The number of hydrogen-bond acceptors (Lipinski definition) is 4. The van der Waals surface area contributed by atoms with Crippen LogP contribution in [-0.2, 0) is 6.42 Å². The first-order valence-corrected chi connectivity index (χ1v) is 7.78. The monoisotopic (exact) mass is 315 g/mol. The standard InChI is InChI=1S/C16H14FN3OS/c17-12-6-7-13-14(10-12)19-16(20(18)15(13)21)22-9-8-11-4-2-1-3-5-11/h1-7,10H,8-9,18H2. The highest BCUT2D eigenvalue weighted by atomic mass is 32.2. The maximum Gasteiger partial charge on any atom is 0.280 e. The number of hydrogen-bond donors (Lipinski definition) is 1. The van der Waals surface area contributed by atoms with Gasteiger partial charge in [-0.05, 0) is 24.1 Å². The van der Waals surface area contributed by atoms with E-state index in [1.54, 1.807) is 0 Å². The molecule has 6 heteroatoms. The molecule has 0 unspecified atom stereocenters. The van der Waals surface area contributed by atoms with Gasteiger partial charge in [0.1, 0.15) is 5.82 Å². The van der Waals surface area contributed by atoms with E-state index in [9.17, 15) is 9.18 Å². The lowest BCUT2D eigenvalue weighted by atomic mass is 10.2. The van der Waals surface area contributed by atoms with Gasteiger partial charge in [0.15, 0.2) is 5.16 Å². The van der Waals surface area contributed by atoms with E-state index in [-0.39, 0.29) is 5.56 Å². The van der Waals surface area contributed by atoms with E-state index in [1.165, 1.54) is 35.5 Å². The molecule has 22 heavy (non-hydrogen) atoms. The third-order valence-corrected chi connectivity index (χ3v) is 4.25. The summed E-state index contributed by atoms with van der Waals surface area (Å²) in [6.07, 6.45) is 0.836. The highest BCUT2D eigenvalue weighted by Crippen LogP contribution is 2.18. The van der Waals surface area contributed by atoms with Gasteiger partial charge < -0.3 is 5.84 Å². The minimum Gasteiger partial charge on any atom is -0.334 e. The van der Waals surface area contributed by atoms with Gasteiger partial charge in [-0.25, -0.2) is 14.1 Å². The molecule has 3 aromatic rings.